The summed E-state index contributed by atoms with van der Waals surface area (Å²) < 4.78 is 5.61. The van der Waals surface area contributed by atoms with E-state index in [9.17, 15) is 24.3 Å². The molecule has 0 saturated carbocycles. The van der Waals surface area contributed by atoms with Crippen LogP contribution in [0, 0.1) is 6.92 Å². The van der Waals surface area contributed by atoms with Gasteiger partial charge in [0, 0.05) is 38.2 Å². The highest BCUT2D eigenvalue weighted by Crippen LogP contribution is 2.21. The normalized spacial score (nSPS) is 11.6. The molecule has 10 heteroatoms. The largest absolute Gasteiger partial charge is 0.480 e. The number of nitrogens with one attached hydrogen (secondary N) is 2. The molecule has 3 aromatic rings. The molecule has 1 aromatic heterocycles. The summed E-state index contributed by atoms with van der Waals surface area (Å²) in [4.78, 5) is 54.4. The highest BCUT2D eigenvalue weighted by atomic mass is 16.4. The van der Waals surface area contributed by atoms with Gasteiger partial charge in [0.25, 0.3) is 5.91 Å². The van der Waals surface area contributed by atoms with Crippen molar-refractivity contribution in [2.45, 2.75) is 25.8 Å². The van der Waals surface area contributed by atoms with E-state index in [-0.39, 0.29) is 37.5 Å². The number of hydrogen-bond donors (Lipinski definition) is 3. The number of likely N-dealkylation sites (N-methyl/N-ethyl adjacent to an activating group) is 1. The van der Waals surface area contributed by atoms with Gasteiger partial charge in [0.1, 0.15) is 11.8 Å². The highest BCUT2D eigenvalue weighted by molar-refractivity contribution is 5.95. The molecule has 0 saturated heterocycles. The van der Waals surface area contributed by atoms with Gasteiger partial charge in [-0.2, -0.15) is 0 Å². The van der Waals surface area contributed by atoms with Crippen LogP contribution in [-0.4, -0.2) is 64.9 Å². The molecule has 0 aliphatic rings. The first-order chi connectivity index (χ1) is 18.2. The number of amides is 3. The number of benzene rings is 2. The Morgan fingerprint density at radius 1 is 1.05 bits per heavy atom. The van der Waals surface area contributed by atoms with Gasteiger partial charge in [0.15, 0.2) is 5.69 Å². The second-order valence-corrected chi connectivity index (χ2v) is 8.54. The molecule has 0 radical (unpaired) electrons. The summed E-state index contributed by atoms with van der Waals surface area (Å²) in [5.74, 6) is -1.81. The fraction of sp³-hybridized carbons (Fsp3) is 0.250. The van der Waals surface area contributed by atoms with Crippen LogP contribution in [0.1, 0.15) is 34.7 Å². The van der Waals surface area contributed by atoms with Crippen LogP contribution in [0.5, 0.6) is 0 Å². The van der Waals surface area contributed by atoms with Gasteiger partial charge in [-0.25, -0.2) is 9.78 Å². The molecule has 3 N–H and O–H groups in total. The standard InChI is InChI=1S/C28H30N4O6/c1-19-25(31-27(38-19)21-11-7-4-8-12-21)26(35)29-17-18-32(2)24(34)16-14-22(28(36)37)30-23(33)15-13-20-9-5-3-6-10-20/h3-13,15,22H,14,16-18H2,1-2H3,(H,29,35)(H,30,33)(H,36,37)/b15-13+. The number of aryl methyl sites for hydroxylation is 1. The van der Waals surface area contributed by atoms with Crippen molar-refractivity contribution in [1.29, 1.82) is 0 Å². The number of nitrogens with zero attached hydrogens (tertiary/aromatic N) is 2. The first-order valence-corrected chi connectivity index (χ1v) is 12.1. The van der Waals surface area contributed by atoms with Crippen LogP contribution < -0.4 is 10.6 Å². The van der Waals surface area contributed by atoms with Gasteiger partial charge in [0.05, 0.1) is 0 Å². The molecule has 0 fully saturated rings. The van der Waals surface area contributed by atoms with Crippen molar-refractivity contribution in [1.82, 2.24) is 20.5 Å². The number of oxazole rings is 1. The Morgan fingerprint density at radius 3 is 2.37 bits per heavy atom. The van der Waals surface area contributed by atoms with Crippen molar-refractivity contribution < 1.29 is 28.7 Å². The molecule has 0 spiro atoms. The first kappa shape index (κ1) is 27.9. The smallest absolute Gasteiger partial charge is 0.326 e. The number of rotatable bonds is 12. The third-order valence-corrected chi connectivity index (χ3v) is 5.68. The van der Waals surface area contributed by atoms with Crippen molar-refractivity contribution in [3.8, 4) is 11.5 Å². The van der Waals surface area contributed by atoms with E-state index in [1.165, 1.54) is 11.0 Å². The maximum Gasteiger partial charge on any atom is 0.326 e. The zero-order valence-electron chi connectivity index (χ0n) is 21.2. The number of aliphatic carboxylic acids is 1. The number of carboxylic acid groups (broad SMARTS) is 1. The van der Waals surface area contributed by atoms with Crippen LogP contribution in [0.4, 0.5) is 0 Å². The summed E-state index contributed by atoms with van der Waals surface area (Å²) in [7, 11) is 1.56. The van der Waals surface area contributed by atoms with Crippen LogP contribution in [-0.2, 0) is 14.4 Å². The minimum atomic E-state index is -1.23. The third-order valence-electron chi connectivity index (χ3n) is 5.68. The average molecular weight is 519 g/mol. The molecule has 38 heavy (non-hydrogen) atoms. The minimum Gasteiger partial charge on any atom is -0.480 e. The fourth-order valence-corrected chi connectivity index (χ4v) is 3.53. The van der Waals surface area contributed by atoms with E-state index >= 15 is 0 Å². The Hall–Kier alpha value is -4.73. The van der Waals surface area contributed by atoms with Crippen LogP contribution in [0.3, 0.4) is 0 Å². The molecule has 3 amide bonds. The van der Waals surface area contributed by atoms with Crippen LogP contribution >= 0.6 is 0 Å². The number of hydrogen-bond acceptors (Lipinski definition) is 6. The van der Waals surface area contributed by atoms with Crippen molar-refractivity contribution in [3.05, 3.63) is 83.8 Å². The second-order valence-electron chi connectivity index (χ2n) is 8.54. The monoisotopic (exact) mass is 518 g/mol. The Bertz CT molecular complexity index is 1290. The Morgan fingerprint density at radius 2 is 1.71 bits per heavy atom. The van der Waals surface area contributed by atoms with Crippen molar-refractivity contribution in [2.24, 2.45) is 0 Å². The van der Waals surface area contributed by atoms with E-state index < -0.39 is 23.8 Å². The van der Waals surface area contributed by atoms with Crippen molar-refractivity contribution >= 4 is 29.8 Å². The first-order valence-electron chi connectivity index (χ1n) is 12.1. The van der Waals surface area contributed by atoms with Crippen molar-refractivity contribution in [2.75, 3.05) is 20.1 Å². The van der Waals surface area contributed by atoms with E-state index in [4.69, 9.17) is 4.42 Å². The summed E-state index contributed by atoms with van der Waals surface area (Å²) in [6, 6.07) is 17.1. The van der Waals surface area contributed by atoms with Gasteiger partial charge in [-0.05, 0) is 37.1 Å². The third kappa shape index (κ3) is 8.16. The van der Waals surface area contributed by atoms with Crippen molar-refractivity contribution in [3.63, 3.8) is 0 Å². The molecule has 3 rings (SSSR count). The van der Waals surface area contributed by atoms with E-state index in [0.717, 1.165) is 11.1 Å². The lowest BCUT2D eigenvalue weighted by Crippen LogP contribution is -2.41. The molecule has 1 unspecified atom stereocenters. The Balaban J connectivity index is 1.43. The lowest BCUT2D eigenvalue weighted by molar-refractivity contribution is -0.141. The summed E-state index contributed by atoms with van der Waals surface area (Å²) >= 11 is 0. The van der Waals surface area contributed by atoms with Crippen LogP contribution in [0.2, 0.25) is 0 Å². The van der Waals surface area contributed by atoms with Gasteiger partial charge in [-0.1, -0.05) is 48.5 Å². The molecular formula is C28H30N4O6. The summed E-state index contributed by atoms with van der Waals surface area (Å²) in [5.41, 5.74) is 1.72. The lowest BCUT2D eigenvalue weighted by atomic mass is 10.1. The molecule has 1 atom stereocenters. The Labute approximate surface area is 220 Å². The predicted octanol–water partition coefficient (Wildman–Crippen LogP) is 2.90. The topological polar surface area (TPSA) is 142 Å². The van der Waals surface area contributed by atoms with Gasteiger partial charge in [0.2, 0.25) is 17.7 Å². The maximum absolute atomic E-state index is 12.5. The van der Waals surface area contributed by atoms with Gasteiger partial charge < -0.3 is 25.1 Å². The average Bonchev–Trinajstić information content (AvgIpc) is 3.32. The predicted molar refractivity (Wildman–Crippen MR) is 141 cm³/mol. The quantitative estimate of drug-likeness (QED) is 0.313. The van der Waals surface area contributed by atoms with Crippen LogP contribution in [0.25, 0.3) is 17.5 Å². The zero-order chi connectivity index (χ0) is 27.5. The molecule has 10 nitrogen and oxygen atoms in total. The Kier molecular flexibility index (Phi) is 9.93. The van der Waals surface area contributed by atoms with Gasteiger partial charge in [-0.3, -0.25) is 14.4 Å². The number of carboxylic acids is 1. The second kappa shape index (κ2) is 13.5. The number of carbonyl (C=O) groups excluding carboxylic acids is 3. The van der Waals surface area contributed by atoms with E-state index in [2.05, 4.69) is 15.6 Å². The molecule has 1 heterocycles. The zero-order valence-corrected chi connectivity index (χ0v) is 21.2. The number of aromatic nitrogens is 1. The fourth-order valence-electron chi connectivity index (χ4n) is 3.53. The molecule has 198 valence electrons. The summed E-state index contributed by atoms with van der Waals surface area (Å²) in [6.07, 6.45) is 2.66. The van der Waals surface area contributed by atoms with Gasteiger partial charge in [-0.15, -0.1) is 0 Å². The summed E-state index contributed by atoms with van der Waals surface area (Å²) in [5, 5.41) is 14.6. The molecule has 2 aromatic carbocycles. The van der Waals surface area contributed by atoms with Gasteiger partial charge >= 0.3 is 5.97 Å². The molecule has 0 bridgehead atoms. The van der Waals surface area contributed by atoms with Crippen LogP contribution in [0.15, 0.2) is 71.2 Å². The molecule has 0 aliphatic heterocycles. The van der Waals surface area contributed by atoms with E-state index in [1.54, 1.807) is 20.0 Å². The van der Waals surface area contributed by atoms with E-state index in [1.807, 2.05) is 60.7 Å². The molecular weight excluding hydrogens is 488 g/mol. The lowest BCUT2D eigenvalue weighted by Gasteiger charge is -2.19. The SMILES string of the molecule is Cc1oc(-c2ccccc2)nc1C(=O)NCCN(C)C(=O)CCC(NC(=O)/C=C/c1ccccc1)C(=O)O. The number of carbonyl (C=O) groups is 4. The molecule has 0 aliphatic carbocycles. The maximum atomic E-state index is 12.5. The van der Waals surface area contributed by atoms with E-state index in [0.29, 0.717) is 11.7 Å². The summed E-state index contributed by atoms with van der Waals surface area (Å²) in [6.45, 7) is 2.02. The minimum absolute atomic E-state index is 0.0732. The highest BCUT2D eigenvalue weighted by Gasteiger charge is 2.22.